The van der Waals surface area contributed by atoms with E-state index in [4.69, 9.17) is 6.42 Å². The van der Waals surface area contributed by atoms with E-state index in [0.717, 1.165) is 5.56 Å². The van der Waals surface area contributed by atoms with E-state index >= 15 is 0 Å². The minimum Gasteiger partial charge on any atom is -0.297 e. The quantitative estimate of drug-likeness (QED) is 0.640. The minimum absolute atomic E-state index is 0.538. The molecule has 1 aliphatic heterocycles. The summed E-state index contributed by atoms with van der Waals surface area (Å²) in [6.45, 7) is 4.72. The highest BCUT2D eigenvalue weighted by Gasteiger charge is 2.20. The molecule has 1 saturated heterocycles. The molecule has 14 heavy (non-hydrogen) atoms. The standard InChI is InChI=1S/C13H15N/c1-3-12-5-7-13(8-6-12)11(2)14-9-4-10-14/h1,5-8,11H,4,9-10H2,2H3. The van der Waals surface area contributed by atoms with Crippen LogP contribution in [-0.2, 0) is 0 Å². The summed E-state index contributed by atoms with van der Waals surface area (Å²) in [5.74, 6) is 2.64. The van der Waals surface area contributed by atoms with E-state index in [-0.39, 0.29) is 0 Å². The zero-order valence-corrected chi connectivity index (χ0v) is 8.53. The Bertz CT molecular complexity index is 340. The van der Waals surface area contributed by atoms with Gasteiger partial charge in [-0.25, -0.2) is 0 Å². The molecule has 0 saturated carbocycles. The molecule has 0 bridgehead atoms. The molecule has 1 aliphatic rings. The van der Waals surface area contributed by atoms with E-state index in [1.165, 1.54) is 25.1 Å². The van der Waals surface area contributed by atoms with Crippen molar-refractivity contribution in [3.05, 3.63) is 35.4 Å². The third kappa shape index (κ3) is 1.66. The molecule has 1 fully saturated rings. The predicted octanol–water partition coefficient (Wildman–Crippen LogP) is 2.43. The highest BCUT2D eigenvalue weighted by atomic mass is 15.2. The summed E-state index contributed by atoms with van der Waals surface area (Å²) in [5, 5.41) is 0. The van der Waals surface area contributed by atoms with Crippen molar-refractivity contribution in [3.63, 3.8) is 0 Å². The smallest absolute Gasteiger partial charge is 0.0319 e. The first-order chi connectivity index (χ1) is 6.81. The summed E-state index contributed by atoms with van der Waals surface area (Å²) in [7, 11) is 0. The first kappa shape index (κ1) is 9.30. The van der Waals surface area contributed by atoms with E-state index in [1.54, 1.807) is 0 Å². The van der Waals surface area contributed by atoms with Crippen LogP contribution < -0.4 is 0 Å². The second-order valence-electron chi connectivity index (χ2n) is 3.83. The number of hydrogen-bond acceptors (Lipinski definition) is 1. The Morgan fingerprint density at radius 2 is 1.93 bits per heavy atom. The molecule has 1 nitrogen and oxygen atoms in total. The molecule has 0 radical (unpaired) electrons. The Hall–Kier alpha value is -1.26. The monoisotopic (exact) mass is 185 g/mol. The first-order valence-electron chi connectivity index (χ1n) is 5.12. The van der Waals surface area contributed by atoms with Gasteiger partial charge in [0.15, 0.2) is 0 Å². The Morgan fingerprint density at radius 1 is 1.29 bits per heavy atom. The van der Waals surface area contributed by atoms with Crippen molar-refractivity contribution >= 4 is 0 Å². The molecule has 1 heterocycles. The van der Waals surface area contributed by atoms with Crippen LogP contribution in [0.2, 0.25) is 0 Å². The van der Waals surface area contributed by atoms with Gasteiger partial charge in [0.25, 0.3) is 0 Å². The average Bonchev–Trinajstić information content (AvgIpc) is 2.15. The summed E-state index contributed by atoms with van der Waals surface area (Å²) in [4.78, 5) is 2.48. The zero-order chi connectivity index (χ0) is 9.97. The molecule has 0 aliphatic carbocycles. The van der Waals surface area contributed by atoms with Crippen LogP contribution in [0.25, 0.3) is 0 Å². The molecule has 1 aromatic carbocycles. The molecule has 2 rings (SSSR count). The third-order valence-electron chi connectivity index (χ3n) is 3.00. The van der Waals surface area contributed by atoms with Crippen molar-refractivity contribution in [2.24, 2.45) is 0 Å². The lowest BCUT2D eigenvalue weighted by atomic mass is 10.0. The number of terminal acetylenes is 1. The van der Waals surface area contributed by atoms with Gasteiger partial charge in [-0.3, -0.25) is 4.90 Å². The number of nitrogens with zero attached hydrogens (tertiary/aromatic N) is 1. The summed E-state index contributed by atoms with van der Waals surface area (Å²) in [6, 6.07) is 8.85. The summed E-state index contributed by atoms with van der Waals surface area (Å²) in [5.41, 5.74) is 2.33. The fraction of sp³-hybridized carbons (Fsp3) is 0.385. The molecule has 0 N–H and O–H groups in total. The first-order valence-corrected chi connectivity index (χ1v) is 5.12. The van der Waals surface area contributed by atoms with Crippen molar-refractivity contribution in [2.45, 2.75) is 19.4 Å². The lowest BCUT2D eigenvalue weighted by Crippen LogP contribution is -2.38. The molecule has 1 heteroatoms. The summed E-state index contributed by atoms with van der Waals surface area (Å²) < 4.78 is 0. The van der Waals surface area contributed by atoms with Crippen LogP contribution in [0.5, 0.6) is 0 Å². The van der Waals surface area contributed by atoms with Crippen LogP contribution in [0.3, 0.4) is 0 Å². The fourth-order valence-corrected chi connectivity index (χ4v) is 1.80. The molecule has 1 aromatic rings. The van der Waals surface area contributed by atoms with Crippen LogP contribution >= 0.6 is 0 Å². The lowest BCUT2D eigenvalue weighted by Gasteiger charge is -2.36. The van der Waals surface area contributed by atoms with Crippen LogP contribution in [0.15, 0.2) is 24.3 Å². The maximum absolute atomic E-state index is 5.31. The Morgan fingerprint density at radius 3 is 2.36 bits per heavy atom. The van der Waals surface area contributed by atoms with Crippen molar-refractivity contribution < 1.29 is 0 Å². The number of benzene rings is 1. The Kier molecular flexibility index (Phi) is 2.56. The normalized spacial score (nSPS) is 18.3. The third-order valence-corrected chi connectivity index (χ3v) is 3.00. The highest BCUT2D eigenvalue weighted by molar-refractivity contribution is 5.35. The van der Waals surface area contributed by atoms with Crippen LogP contribution in [0, 0.1) is 12.3 Å². The second kappa shape index (κ2) is 3.86. The molecule has 0 amide bonds. The average molecular weight is 185 g/mol. The minimum atomic E-state index is 0.538. The van der Waals surface area contributed by atoms with Gasteiger partial charge in [-0.15, -0.1) is 6.42 Å². The molecule has 1 atom stereocenters. The molecule has 0 aromatic heterocycles. The van der Waals surface area contributed by atoms with E-state index in [1.807, 2.05) is 12.1 Å². The van der Waals surface area contributed by atoms with E-state index < -0.39 is 0 Å². The number of likely N-dealkylation sites (tertiary alicyclic amines) is 1. The van der Waals surface area contributed by atoms with Gasteiger partial charge < -0.3 is 0 Å². The summed E-state index contributed by atoms with van der Waals surface area (Å²) >= 11 is 0. The van der Waals surface area contributed by atoms with E-state index in [9.17, 15) is 0 Å². The van der Waals surface area contributed by atoms with Crippen LogP contribution in [-0.4, -0.2) is 18.0 Å². The van der Waals surface area contributed by atoms with Gasteiger partial charge in [0.1, 0.15) is 0 Å². The van der Waals surface area contributed by atoms with Crippen molar-refractivity contribution in [2.75, 3.05) is 13.1 Å². The highest BCUT2D eigenvalue weighted by Crippen LogP contribution is 2.24. The van der Waals surface area contributed by atoms with E-state index in [2.05, 4.69) is 29.9 Å². The molecule has 72 valence electrons. The Balaban J connectivity index is 2.12. The van der Waals surface area contributed by atoms with E-state index in [0.29, 0.717) is 6.04 Å². The molecule has 0 spiro atoms. The van der Waals surface area contributed by atoms with Gasteiger partial charge in [0, 0.05) is 11.6 Å². The topological polar surface area (TPSA) is 3.24 Å². The maximum Gasteiger partial charge on any atom is 0.0319 e. The number of hydrogen-bond donors (Lipinski definition) is 0. The second-order valence-corrected chi connectivity index (χ2v) is 3.83. The van der Waals surface area contributed by atoms with Gasteiger partial charge in [0.05, 0.1) is 0 Å². The Labute approximate surface area is 85.7 Å². The van der Waals surface area contributed by atoms with Gasteiger partial charge in [-0.1, -0.05) is 18.1 Å². The fourth-order valence-electron chi connectivity index (χ4n) is 1.80. The largest absolute Gasteiger partial charge is 0.297 e. The van der Waals surface area contributed by atoms with Crippen LogP contribution in [0.4, 0.5) is 0 Å². The van der Waals surface area contributed by atoms with Gasteiger partial charge in [-0.2, -0.15) is 0 Å². The SMILES string of the molecule is C#Cc1ccc(C(C)N2CCC2)cc1. The summed E-state index contributed by atoms with van der Waals surface area (Å²) in [6.07, 6.45) is 6.65. The zero-order valence-electron chi connectivity index (χ0n) is 8.53. The molecule has 1 unspecified atom stereocenters. The van der Waals surface area contributed by atoms with Gasteiger partial charge in [0.2, 0.25) is 0 Å². The van der Waals surface area contributed by atoms with Gasteiger partial charge in [-0.05, 0) is 44.1 Å². The maximum atomic E-state index is 5.31. The lowest BCUT2D eigenvalue weighted by molar-refractivity contribution is 0.128. The molecular weight excluding hydrogens is 170 g/mol. The molecular formula is C13H15N. The predicted molar refractivity (Wildman–Crippen MR) is 59.0 cm³/mol. The van der Waals surface area contributed by atoms with Crippen molar-refractivity contribution in [1.29, 1.82) is 0 Å². The van der Waals surface area contributed by atoms with Crippen molar-refractivity contribution in [3.8, 4) is 12.3 Å². The van der Waals surface area contributed by atoms with Crippen LogP contribution in [0.1, 0.15) is 30.5 Å². The van der Waals surface area contributed by atoms with Gasteiger partial charge >= 0.3 is 0 Å². The number of rotatable bonds is 2. The van der Waals surface area contributed by atoms with Crippen molar-refractivity contribution in [1.82, 2.24) is 4.90 Å².